The minimum absolute atomic E-state index is 0.248. The molecule has 7 rings (SSSR count). The summed E-state index contributed by atoms with van der Waals surface area (Å²) < 4.78 is 0. The average molecular weight is 600 g/mol. The summed E-state index contributed by atoms with van der Waals surface area (Å²) in [7, 11) is 0. The molecule has 5 heteroatoms. The second kappa shape index (κ2) is 12.2. The number of hydrogen-bond acceptors (Lipinski definition) is 5. The van der Waals surface area contributed by atoms with Gasteiger partial charge in [-0.2, -0.15) is 21.0 Å². The van der Waals surface area contributed by atoms with E-state index in [4.69, 9.17) is 0 Å². The molecule has 5 aromatic carbocycles. The van der Waals surface area contributed by atoms with Gasteiger partial charge < -0.3 is 4.90 Å². The lowest BCUT2D eigenvalue weighted by atomic mass is 9.81. The molecule has 0 spiro atoms. The summed E-state index contributed by atoms with van der Waals surface area (Å²) in [5, 5.41) is 40.1. The van der Waals surface area contributed by atoms with Crippen molar-refractivity contribution in [2.45, 2.75) is 6.42 Å². The quantitative estimate of drug-likeness (QED) is 0.200. The number of fused-ring (bicyclic) bond motifs is 2. The number of rotatable bonds is 5. The van der Waals surface area contributed by atoms with E-state index in [1.54, 1.807) is 18.2 Å². The third-order valence-electron chi connectivity index (χ3n) is 8.66. The Labute approximate surface area is 273 Å². The van der Waals surface area contributed by atoms with E-state index < -0.39 is 0 Å². The summed E-state index contributed by atoms with van der Waals surface area (Å²) in [5.74, 6) is 0.248. The third-order valence-corrected chi connectivity index (χ3v) is 8.66. The lowest BCUT2D eigenvalue weighted by molar-refractivity contribution is 0.790. The Balaban J connectivity index is 1.25. The van der Waals surface area contributed by atoms with Crippen LogP contribution in [0.1, 0.15) is 28.7 Å². The van der Waals surface area contributed by atoms with Crippen molar-refractivity contribution in [3.05, 3.63) is 167 Å². The van der Waals surface area contributed by atoms with E-state index in [-0.39, 0.29) is 5.92 Å². The number of anilines is 3. The van der Waals surface area contributed by atoms with E-state index in [2.05, 4.69) is 95.9 Å². The molecule has 0 aromatic heterocycles. The van der Waals surface area contributed by atoms with Crippen LogP contribution in [0.15, 0.2) is 145 Å². The van der Waals surface area contributed by atoms with Crippen LogP contribution in [0.2, 0.25) is 0 Å². The van der Waals surface area contributed by atoms with Crippen LogP contribution >= 0.6 is 0 Å². The normalized spacial score (nSPS) is 14.7. The largest absolute Gasteiger partial charge is 0.310 e. The monoisotopic (exact) mass is 599 g/mol. The van der Waals surface area contributed by atoms with Crippen LogP contribution in [0.25, 0.3) is 27.5 Å². The zero-order valence-corrected chi connectivity index (χ0v) is 25.2. The maximum atomic E-state index is 9.73. The molecule has 2 aliphatic rings. The van der Waals surface area contributed by atoms with Crippen LogP contribution in [0.3, 0.4) is 0 Å². The summed E-state index contributed by atoms with van der Waals surface area (Å²) in [6.07, 6.45) is 11.0. The first-order valence-electron chi connectivity index (χ1n) is 15.2. The highest BCUT2D eigenvalue weighted by Crippen LogP contribution is 2.39. The maximum absolute atomic E-state index is 9.73. The molecule has 5 aromatic rings. The Bertz CT molecular complexity index is 2330. The first-order chi connectivity index (χ1) is 23.0. The van der Waals surface area contributed by atoms with E-state index in [0.29, 0.717) is 22.3 Å². The fourth-order valence-electron chi connectivity index (χ4n) is 6.25. The number of hydrogen-bond donors (Lipinski definition) is 0. The van der Waals surface area contributed by atoms with Gasteiger partial charge in [0.2, 0.25) is 0 Å². The predicted octanol–water partition coefficient (Wildman–Crippen LogP) is 9.94. The summed E-state index contributed by atoms with van der Waals surface area (Å²) in [6, 6.07) is 42.5. The van der Waals surface area contributed by atoms with Gasteiger partial charge in [0, 0.05) is 23.0 Å². The Morgan fingerprint density at radius 1 is 0.532 bits per heavy atom. The SMILES string of the molecule is N#CC1=CC2=CC=C(c3ccc(N(c4ccc(-c5ccc6cc(C#N)ccc6c5)cc4)c4cc(C#N)cc(C#N)c4)cc3)CC2C=C1. The molecule has 218 valence electrons. The minimum atomic E-state index is 0.248. The summed E-state index contributed by atoms with van der Waals surface area (Å²) in [4.78, 5) is 2.06. The Morgan fingerprint density at radius 2 is 1.15 bits per heavy atom. The molecule has 0 radical (unpaired) electrons. The third kappa shape index (κ3) is 5.70. The number of benzene rings is 5. The summed E-state index contributed by atoms with van der Waals surface area (Å²) in [6.45, 7) is 0. The number of nitriles is 4. The van der Waals surface area contributed by atoms with E-state index >= 15 is 0 Å². The first-order valence-corrected chi connectivity index (χ1v) is 15.2. The molecule has 2 aliphatic carbocycles. The fraction of sp³-hybridized carbons (Fsp3) is 0.0476. The van der Waals surface area contributed by atoms with Gasteiger partial charge in [0.25, 0.3) is 0 Å². The van der Waals surface area contributed by atoms with Crippen LogP contribution in [-0.2, 0) is 0 Å². The lowest BCUT2D eigenvalue weighted by Gasteiger charge is -2.27. The van der Waals surface area contributed by atoms with Crippen molar-refractivity contribution >= 4 is 33.4 Å². The smallest absolute Gasteiger partial charge is 0.0992 e. The fourth-order valence-corrected chi connectivity index (χ4v) is 6.25. The zero-order chi connectivity index (χ0) is 32.3. The van der Waals surface area contributed by atoms with E-state index in [9.17, 15) is 21.0 Å². The Hall–Kier alpha value is -6.92. The van der Waals surface area contributed by atoms with Crippen LogP contribution in [0.4, 0.5) is 17.1 Å². The summed E-state index contributed by atoms with van der Waals surface area (Å²) in [5.41, 5.74) is 10.2. The van der Waals surface area contributed by atoms with Crippen LogP contribution in [0, 0.1) is 51.2 Å². The molecule has 0 fully saturated rings. The van der Waals surface area contributed by atoms with Gasteiger partial charge in [-0.15, -0.1) is 0 Å². The number of nitrogens with zero attached hydrogens (tertiary/aromatic N) is 5. The van der Waals surface area contributed by atoms with Gasteiger partial charge in [-0.3, -0.25) is 0 Å². The molecular weight excluding hydrogens is 574 g/mol. The van der Waals surface area contributed by atoms with Crippen LogP contribution in [-0.4, -0.2) is 0 Å². The van der Waals surface area contributed by atoms with Gasteiger partial charge in [0.05, 0.1) is 46.5 Å². The standard InChI is InChI=1S/C42H25N5/c43-24-28-1-3-38-22-36(7-5-34(38)18-28)32-9-13-40(14-10-32)47(42-20-30(26-45)17-31(21-42)27-46)41-15-11-33(12-16-41)37-8-6-35-19-29(25-44)2-4-39(35)23-37/h1-22,39H,23H2. The van der Waals surface area contributed by atoms with E-state index in [0.717, 1.165) is 56.5 Å². The highest BCUT2D eigenvalue weighted by atomic mass is 15.1. The van der Waals surface area contributed by atoms with Crippen molar-refractivity contribution in [2.75, 3.05) is 4.90 Å². The van der Waals surface area contributed by atoms with Crippen molar-refractivity contribution in [1.82, 2.24) is 0 Å². The summed E-state index contributed by atoms with van der Waals surface area (Å²) >= 11 is 0. The first kappa shape index (κ1) is 28.8. The average Bonchev–Trinajstić information content (AvgIpc) is 3.14. The highest BCUT2D eigenvalue weighted by Gasteiger charge is 2.21. The van der Waals surface area contributed by atoms with Crippen molar-refractivity contribution in [3.8, 4) is 35.4 Å². The molecule has 0 saturated heterocycles. The van der Waals surface area contributed by atoms with Gasteiger partial charge in [0.1, 0.15) is 0 Å². The van der Waals surface area contributed by atoms with Gasteiger partial charge in [-0.05, 0) is 118 Å². The molecule has 0 heterocycles. The molecule has 0 aliphatic heterocycles. The molecular formula is C42H25N5. The minimum Gasteiger partial charge on any atom is -0.310 e. The van der Waals surface area contributed by atoms with E-state index in [1.165, 1.54) is 5.57 Å². The second-order valence-electron chi connectivity index (χ2n) is 11.5. The molecule has 0 bridgehead atoms. The molecule has 0 amide bonds. The van der Waals surface area contributed by atoms with E-state index in [1.807, 2.05) is 48.6 Å². The van der Waals surface area contributed by atoms with Crippen LogP contribution < -0.4 is 4.90 Å². The molecule has 0 saturated carbocycles. The Morgan fingerprint density at radius 3 is 1.81 bits per heavy atom. The molecule has 5 nitrogen and oxygen atoms in total. The van der Waals surface area contributed by atoms with Gasteiger partial charge >= 0.3 is 0 Å². The van der Waals surface area contributed by atoms with Gasteiger partial charge in [-0.25, -0.2) is 0 Å². The topological polar surface area (TPSA) is 98.4 Å². The maximum Gasteiger partial charge on any atom is 0.0992 e. The lowest BCUT2D eigenvalue weighted by Crippen LogP contribution is -2.11. The Kier molecular flexibility index (Phi) is 7.50. The number of allylic oxidation sites excluding steroid dienone is 8. The molecule has 0 N–H and O–H groups in total. The van der Waals surface area contributed by atoms with Crippen molar-refractivity contribution < 1.29 is 0 Å². The van der Waals surface area contributed by atoms with Crippen molar-refractivity contribution in [1.29, 1.82) is 21.0 Å². The second-order valence-corrected chi connectivity index (χ2v) is 11.5. The molecule has 1 unspecified atom stereocenters. The highest BCUT2D eigenvalue weighted by molar-refractivity contribution is 5.89. The van der Waals surface area contributed by atoms with Crippen molar-refractivity contribution in [3.63, 3.8) is 0 Å². The van der Waals surface area contributed by atoms with Crippen LogP contribution in [0.5, 0.6) is 0 Å². The predicted molar refractivity (Wildman–Crippen MR) is 185 cm³/mol. The van der Waals surface area contributed by atoms with Gasteiger partial charge in [0.15, 0.2) is 0 Å². The van der Waals surface area contributed by atoms with Gasteiger partial charge in [-0.1, -0.05) is 60.7 Å². The molecule has 1 atom stereocenters. The van der Waals surface area contributed by atoms with Crippen molar-refractivity contribution in [2.24, 2.45) is 5.92 Å². The molecule has 47 heavy (non-hydrogen) atoms. The zero-order valence-electron chi connectivity index (χ0n) is 25.2.